The predicted octanol–water partition coefficient (Wildman–Crippen LogP) is 5.80. The van der Waals surface area contributed by atoms with Crippen LogP contribution in [0.15, 0.2) is 42.5 Å². The molecule has 0 radical (unpaired) electrons. The van der Waals surface area contributed by atoms with Crippen LogP contribution in [0.1, 0.15) is 16.7 Å². The van der Waals surface area contributed by atoms with Gasteiger partial charge in [0.15, 0.2) is 0 Å². The Morgan fingerprint density at radius 2 is 1.50 bits per heavy atom. The Morgan fingerprint density at radius 1 is 0.833 bits per heavy atom. The summed E-state index contributed by atoms with van der Waals surface area (Å²) in [6.45, 7) is 4.12. The van der Waals surface area contributed by atoms with Gasteiger partial charge in [0.1, 0.15) is 0 Å². The fraction of sp³-hybridized carbons (Fsp3) is 0.200. The zero-order valence-corrected chi connectivity index (χ0v) is 12.4. The minimum Gasteiger partial charge on any atom is -0.0784 e. The van der Waals surface area contributed by atoms with Crippen molar-refractivity contribution in [2.45, 2.75) is 17.6 Å². The van der Waals surface area contributed by atoms with Gasteiger partial charge in [-0.1, -0.05) is 82.8 Å². The lowest BCUT2D eigenvalue weighted by atomic mass is 9.95. The molecule has 94 valence electrons. The van der Waals surface area contributed by atoms with E-state index in [0.29, 0.717) is 5.56 Å². The van der Waals surface area contributed by atoms with Crippen molar-refractivity contribution in [3.8, 4) is 11.1 Å². The first-order valence-corrected chi connectivity index (χ1v) is 6.77. The van der Waals surface area contributed by atoms with Crippen LogP contribution < -0.4 is 0 Å². The summed E-state index contributed by atoms with van der Waals surface area (Å²) in [6.07, 6.45) is 0. The van der Waals surface area contributed by atoms with E-state index in [0.717, 1.165) is 11.1 Å². The maximum absolute atomic E-state index is 6.04. The molecule has 0 atom stereocenters. The Hall–Kier alpha value is -0.690. The molecule has 0 aliphatic heterocycles. The highest BCUT2D eigenvalue weighted by atomic mass is 35.6. The van der Waals surface area contributed by atoms with Gasteiger partial charge in [0.05, 0.1) is 0 Å². The van der Waals surface area contributed by atoms with E-state index >= 15 is 0 Å². The average molecular weight is 300 g/mol. The molecule has 0 fully saturated rings. The van der Waals surface area contributed by atoms with Gasteiger partial charge in [-0.15, -0.1) is 0 Å². The normalized spacial score (nSPS) is 11.6. The van der Waals surface area contributed by atoms with Crippen LogP contribution in [0.4, 0.5) is 0 Å². The first kappa shape index (κ1) is 13.7. The SMILES string of the molecule is Cc1ccc(C)c(-c2ccccc2C(Cl)(Cl)Cl)c1. The molecule has 2 rings (SSSR count). The summed E-state index contributed by atoms with van der Waals surface area (Å²) in [7, 11) is 0. The minimum atomic E-state index is -1.41. The lowest BCUT2D eigenvalue weighted by Crippen LogP contribution is -2.03. The van der Waals surface area contributed by atoms with E-state index in [2.05, 4.69) is 32.0 Å². The summed E-state index contributed by atoms with van der Waals surface area (Å²) in [5.74, 6) is 0. The van der Waals surface area contributed by atoms with Crippen molar-refractivity contribution >= 4 is 34.8 Å². The van der Waals surface area contributed by atoms with E-state index in [1.807, 2.05) is 24.3 Å². The van der Waals surface area contributed by atoms with Gasteiger partial charge in [-0.05, 0) is 30.5 Å². The fourth-order valence-corrected chi connectivity index (χ4v) is 2.49. The highest BCUT2D eigenvalue weighted by Gasteiger charge is 2.26. The molecule has 0 saturated carbocycles. The largest absolute Gasteiger partial charge is 0.216 e. The molecule has 0 N–H and O–H groups in total. The molecule has 0 amide bonds. The second-order valence-corrected chi connectivity index (χ2v) is 6.64. The summed E-state index contributed by atoms with van der Waals surface area (Å²) >= 11 is 18.1. The molecule has 0 saturated heterocycles. The van der Waals surface area contributed by atoms with Gasteiger partial charge in [-0.3, -0.25) is 0 Å². The van der Waals surface area contributed by atoms with Crippen molar-refractivity contribution in [1.29, 1.82) is 0 Å². The fourth-order valence-electron chi connectivity index (χ4n) is 1.99. The quantitative estimate of drug-likeness (QED) is 0.584. The first-order valence-electron chi connectivity index (χ1n) is 5.63. The lowest BCUT2D eigenvalue weighted by Gasteiger charge is -2.18. The van der Waals surface area contributed by atoms with Gasteiger partial charge in [0.2, 0.25) is 3.79 Å². The average Bonchev–Trinajstić information content (AvgIpc) is 2.31. The van der Waals surface area contributed by atoms with Gasteiger partial charge in [-0.25, -0.2) is 0 Å². The van der Waals surface area contributed by atoms with Gasteiger partial charge in [-0.2, -0.15) is 0 Å². The number of benzene rings is 2. The third kappa shape index (κ3) is 2.83. The van der Waals surface area contributed by atoms with Crippen LogP contribution in [0.25, 0.3) is 11.1 Å². The van der Waals surface area contributed by atoms with Crippen LogP contribution in [0, 0.1) is 13.8 Å². The molecule has 2 aromatic carbocycles. The first-order chi connectivity index (χ1) is 8.39. The molecule has 3 heteroatoms. The van der Waals surface area contributed by atoms with Crippen LogP contribution in [-0.4, -0.2) is 0 Å². The molecule has 0 nitrogen and oxygen atoms in total. The number of alkyl halides is 3. The minimum absolute atomic E-state index is 0.712. The maximum atomic E-state index is 6.04. The van der Waals surface area contributed by atoms with Crippen molar-refractivity contribution in [2.24, 2.45) is 0 Å². The summed E-state index contributed by atoms with van der Waals surface area (Å²) in [5.41, 5.74) is 5.15. The molecule has 0 unspecified atom stereocenters. The zero-order chi connectivity index (χ0) is 13.3. The van der Waals surface area contributed by atoms with Crippen molar-refractivity contribution in [3.05, 3.63) is 59.2 Å². The van der Waals surface area contributed by atoms with Gasteiger partial charge in [0, 0.05) is 5.56 Å². The summed E-state index contributed by atoms with van der Waals surface area (Å²) in [6, 6.07) is 14.0. The number of aryl methyl sites for hydroxylation is 2. The third-order valence-electron chi connectivity index (χ3n) is 2.92. The second kappa shape index (κ2) is 5.13. The lowest BCUT2D eigenvalue weighted by molar-refractivity contribution is 1.24. The molecule has 0 aromatic heterocycles. The summed E-state index contributed by atoms with van der Waals surface area (Å²) in [5, 5.41) is 0. The maximum Gasteiger partial charge on any atom is 0.216 e. The van der Waals surface area contributed by atoms with Crippen LogP contribution in [0.3, 0.4) is 0 Å². The summed E-state index contributed by atoms with van der Waals surface area (Å²) < 4.78 is -1.41. The number of hydrogen-bond donors (Lipinski definition) is 0. The van der Waals surface area contributed by atoms with E-state index in [9.17, 15) is 0 Å². The number of hydrogen-bond acceptors (Lipinski definition) is 0. The van der Waals surface area contributed by atoms with Gasteiger partial charge >= 0.3 is 0 Å². The van der Waals surface area contributed by atoms with Gasteiger partial charge in [0.25, 0.3) is 0 Å². The van der Waals surface area contributed by atoms with Crippen LogP contribution >= 0.6 is 34.8 Å². The van der Waals surface area contributed by atoms with E-state index in [4.69, 9.17) is 34.8 Å². The monoisotopic (exact) mass is 298 g/mol. The van der Waals surface area contributed by atoms with E-state index < -0.39 is 3.79 Å². The molecule has 2 aromatic rings. The second-order valence-electron chi connectivity index (χ2n) is 4.36. The van der Waals surface area contributed by atoms with E-state index in [-0.39, 0.29) is 0 Å². The predicted molar refractivity (Wildman–Crippen MR) is 80.6 cm³/mol. The van der Waals surface area contributed by atoms with Crippen LogP contribution in [0.2, 0.25) is 0 Å². The van der Waals surface area contributed by atoms with Crippen molar-refractivity contribution in [2.75, 3.05) is 0 Å². The van der Waals surface area contributed by atoms with Crippen LogP contribution in [-0.2, 0) is 3.79 Å². The Kier molecular flexibility index (Phi) is 3.91. The zero-order valence-electron chi connectivity index (χ0n) is 10.2. The Bertz CT molecular complexity index is 568. The van der Waals surface area contributed by atoms with Crippen molar-refractivity contribution in [1.82, 2.24) is 0 Å². The van der Waals surface area contributed by atoms with Gasteiger partial charge < -0.3 is 0 Å². The highest BCUT2D eigenvalue weighted by Crippen LogP contribution is 2.43. The van der Waals surface area contributed by atoms with Crippen LogP contribution in [0.5, 0.6) is 0 Å². The molecular weight excluding hydrogens is 287 g/mol. The van der Waals surface area contributed by atoms with E-state index in [1.54, 1.807) is 0 Å². The van der Waals surface area contributed by atoms with Crippen molar-refractivity contribution < 1.29 is 0 Å². The molecule has 0 spiro atoms. The summed E-state index contributed by atoms with van der Waals surface area (Å²) in [4.78, 5) is 0. The highest BCUT2D eigenvalue weighted by molar-refractivity contribution is 6.67. The molecular formula is C15H13Cl3. The Labute approximate surface area is 122 Å². The van der Waals surface area contributed by atoms with Crippen molar-refractivity contribution in [3.63, 3.8) is 0 Å². The third-order valence-corrected chi connectivity index (χ3v) is 3.53. The Balaban J connectivity index is 2.68. The molecule has 0 bridgehead atoms. The smallest absolute Gasteiger partial charge is 0.0784 e. The molecule has 18 heavy (non-hydrogen) atoms. The van der Waals surface area contributed by atoms with E-state index in [1.165, 1.54) is 11.1 Å². The Morgan fingerprint density at radius 3 is 2.17 bits per heavy atom. The molecule has 0 heterocycles. The number of halogens is 3. The molecule has 0 aliphatic rings. The molecule has 0 aliphatic carbocycles. The number of rotatable bonds is 1. The topological polar surface area (TPSA) is 0 Å². The standard InChI is InChI=1S/C15H13Cl3/c1-10-7-8-11(2)13(9-10)12-5-3-4-6-14(12)15(16,17)18/h3-9H,1-2H3.